The van der Waals surface area contributed by atoms with Gasteiger partial charge in [0, 0.05) is 43.0 Å². The van der Waals surface area contributed by atoms with Gasteiger partial charge >= 0.3 is 0 Å². The molecule has 6 heteroatoms. The summed E-state index contributed by atoms with van der Waals surface area (Å²) in [6, 6.07) is 14.1. The van der Waals surface area contributed by atoms with Gasteiger partial charge in [-0.05, 0) is 30.2 Å². The number of halogens is 1. The molecule has 4 heterocycles. The number of nitrogens with one attached hydrogen (secondary N) is 2. The van der Waals surface area contributed by atoms with Gasteiger partial charge in [-0.15, -0.1) is 12.4 Å². The zero-order valence-corrected chi connectivity index (χ0v) is 15.8. The summed E-state index contributed by atoms with van der Waals surface area (Å²) in [5.41, 5.74) is 2.17. The maximum absolute atomic E-state index is 12.4. The van der Waals surface area contributed by atoms with Gasteiger partial charge < -0.3 is 20.1 Å². The fourth-order valence-corrected chi connectivity index (χ4v) is 4.40. The second-order valence-electron chi connectivity index (χ2n) is 7.54. The number of fused-ring (bicyclic) bond motifs is 5. The normalized spacial score (nSPS) is 25.9. The summed E-state index contributed by atoms with van der Waals surface area (Å²) >= 11 is 0. The van der Waals surface area contributed by atoms with Gasteiger partial charge in [0.05, 0.1) is 6.61 Å². The number of amides is 1. The molecule has 0 saturated carbocycles. The molecule has 1 amide bonds. The van der Waals surface area contributed by atoms with E-state index in [0.717, 1.165) is 35.9 Å². The number of ether oxygens (including phenoxy) is 2. The standard InChI is InChI=1S/C21H22N2O3.ClH/c24-19-8-7-14-3-1-4-15(9-14)26-18-6-2-5-16-17-10-22-11-21(17,12-23-19)13-25-20(16)18;/h1-6,9,17,22H,7-8,10-13H2,(H,23,24);1H/t17-,21-;/m1./s1. The number of carbonyl (C=O) groups is 1. The van der Waals surface area contributed by atoms with Crippen LogP contribution in [0.5, 0.6) is 17.2 Å². The number of hydrogen-bond acceptors (Lipinski definition) is 4. The van der Waals surface area contributed by atoms with E-state index < -0.39 is 0 Å². The Kier molecular flexibility index (Phi) is 4.74. The fourth-order valence-electron chi connectivity index (χ4n) is 4.40. The number of para-hydroxylation sites is 1. The van der Waals surface area contributed by atoms with Crippen molar-refractivity contribution in [3.63, 3.8) is 0 Å². The summed E-state index contributed by atoms with van der Waals surface area (Å²) < 4.78 is 12.4. The van der Waals surface area contributed by atoms with Crippen molar-refractivity contribution in [2.75, 3.05) is 26.2 Å². The van der Waals surface area contributed by atoms with E-state index in [4.69, 9.17) is 9.47 Å². The topological polar surface area (TPSA) is 59.6 Å². The van der Waals surface area contributed by atoms with Crippen molar-refractivity contribution in [1.29, 1.82) is 0 Å². The maximum Gasteiger partial charge on any atom is 0.220 e. The minimum atomic E-state index is -0.0975. The Morgan fingerprint density at radius 1 is 1.07 bits per heavy atom. The van der Waals surface area contributed by atoms with E-state index >= 15 is 0 Å². The predicted molar refractivity (Wildman–Crippen MR) is 105 cm³/mol. The molecule has 0 aromatic heterocycles. The quantitative estimate of drug-likeness (QED) is 0.730. The summed E-state index contributed by atoms with van der Waals surface area (Å²) in [7, 11) is 0. The average Bonchev–Trinajstić information content (AvgIpc) is 3.09. The molecule has 142 valence electrons. The molecule has 1 saturated heterocycles. The molecule has 2 N–H and O–H groups in total. The first kappa shape index (κ1) is 18.1. The molecule has 4 aliphatic rings. The zero-order valence-electron chi connectivity index (χ0n) is 15.0. The van der Waals surface area contributed by atoms with Gasteiger partial charge in [-0.1, -0.05) is 24.3 Å². The first-order valence-corrected chi connectivity index (χ1v) is 9.23. The summed E-state index contributed by atoms with van der Waals surface area (Å²) in [6.45, 7) is 2.96. The Balaban J connectivity index is 0.00000180. The third-order valence-corrected chi connectivity index (χ3v) is 5.86. The highest BCUT2D eigenvalue weighted by atomic mass is 35.5. The van der Waals surface area contributed by atoms with Crippen LogP contribution in [-0.2, 0) is 11.2 Å². The van der Waals surface area contributed by atoms with E-state index in [-0.39, 0.29) is 23.7 Å². The van der Waals surface area contributed by atoms with Gasteiger partial charge in [-0.3, -0.25) is 4.79 Å². The number of hydrogen-bond donors (Lipinski definition) is 2. The third kappa shape index (κ3) is 3.15. The van der Waals surface area contributed by atoms with Gasteiger partial charge in [0.1, 0.15) is 5.75 Å². The van der Waals surface area contributed by atoms with Crippen molar-refractivity contribution >= 4 is 18.3 Å². The molecule has 5 nitrogen and oxygen atoms in total. The Hall–Kier alpha value is -2.24. The minimum absolute atomic E-state index is 0. The van der Waals surface area contributed by atoms with Crippen molar-refractivity contribution in [3.05, 3.63) is 53.6 Å². The summed E-state index contributed by atoms with van der Waals surface area (Å²) in [4.78, 5) is 12.4. The second kappa shape index (κ2) is 7.06. The molecule has 2 atom stereocenters. The molecule has 0 unspecified atom stereocenters. The number of aryl methyl sites for hydroxylation is 1. The number of benzene rings is 2. The number of rotatable bonds is 0. The van der Waals surface area contributed by atoms with Crippen LogP contribution in [0.15, 0.2) is 42.5 Å². The van der Waals surface area contributed by atoms with Crippen molar-refractivity contribution in [1.82, 2.24) is 10.6 Å². The van der Waals surface area contributed by atoms with Crippen LogP contribution in [0.4, 0.5) is 0 Å². The van der Waals surface area contributed by atoms with Crippen LogP contribution in [0.2, 0.25) is 0 Å². The molecule has 4 aliphatic heterocycles. The molecule has 2 aromatic carbocycles. The maximum atomic E-state index is 12.4. The average molecular weight is 387 g/mol. The van der Waals surface area contributed by atoms with Crippen LogP contribution in [-0.4, -0.2) is 32.1 Å². The van der Waals surface area contributed by atoms with E-state index in [1.807, 2.05) is 36.4 Å². The Morgan fingerprint density at radius 2 is 1.96 bits per heavy atom. The zero-order chi connectivity index (χ0) is 17.6. The van der Waals surface area contributed by atoms with Crippen molar-refractivity contribution in [2.24, 2.45) is 5.41 Å². The highest BCUT2D eigenvalue weighted by Crippen LogP contribution is 2.50. The molecule has 2 aromatic rings. The molecule has 6 rings (SSSR count). The molecule has 27 heavy (non-hydrogen) atoms. The Labute approximate surface area is 164 Å². The minimum Gasteiger partial charge on any atom is -0.489 e. The molecular weight excluding hydrogens is 364 g/mol. The van der Waals surface area contributed by atoms with E-state index in [1.165, 1.54) is 5.56 Å². The highest BCUT2D eigenvalue weighted by Gasteiger charge is 2.49. The molecule has 0 radical (unpaired) electrons. The van der Waals surface area contributed by atoms with Gasteiger partial charge in [-0.25, -0.2) is 0 Å². The van der Waals surface area contributed by atoms with E-state index in [1.54, 1.807) is 0 Å². The fraction of sp³-hybridized carbons (Fsp3) is 0.381. The Morgan fingerprint density at radius 3 is 2.89 bits per heavy atom. The first-order chi connectivity index (χ1) is 12.7. The van der Waals surface area contributed by atoms with Crippen LogP contribution in [0, 0.1) is 5.41 Å². The summed E-state index contributed by atoms with van der Waals surface area (Å²) in [5, 5.41) is 6.65. The van der Waals surface area contributed by atoms with Crippen molar-refractivity contribution < 1.29 is 14.3 Å². The van der Waals surface area contributed by atoms with Crippen LogP contribution >= 0.6 is 12.4 Å². The van der Waals surface area contributed by atoms with Crippen molar-refractivity contribution in [2.45, 2.75) is 18.8 Å². The van der Waals surface area contributed by atoms with Crippen LogP contribution < -0.4 is 20.1 Å². The third-order valence-electron chi connectivity index (χ3n) is 5.86. The predicted octanol–water partition coefficient (Wildman–Crippen LogP) is 3.03. The lowest BCUT2D eigenvalue weighted by Crippen LogP contribution is -2.48. The van der Waals surface area contributed by atoms with Gasteiger partial charge in [0.25, 0.3) is 0 Å². The second-order valence-corrected chi connectivity index (χ2v) is 7.54. The lowest BCUT2D eigenvalue weighted by molar-refractivity contribution is -0.121. The first-order valence-electron chi connectivity index (χ1n) is 9.23. The van der Waals surface area contributed by atoms with Gasteiger partial charge in [0.15, 0.2) is 11.5 Å². The van der Waals surface area contributed by atoms with Gasteiger partial charge in [-0.2, -0.15) is 0 Å². The van der Waals surface area contributed by atoms with Crippen LogP contribution in [0.25, 0.3) is 0 Å². The van der Waals surface area contributed by atoms with Crippen LogP contribution in [0.3, 0.4) is 0 Å². The van der Waals surface area contributed by atoms with E-state index in [9.17, 15) is 4.79 Å². The Bertz CT molecular complexity index is 872. The monoisotopic (exact) mass is 386 g/mol. The lowest BCUT2D eigenvalue weighted by Gasteiger charge is -2.40. The van der Waals surface area contributed by atoms with E-state index in [0.29, 0.717) is 31.9 Å². The van der Waals surface area contributed by atoms with E-state index in [2.05, 4.69) is 16.7 Å². The molecular formula is C21H23ClN2O3. The smallest absolute Gasteiger partial charge is 0.220 e. The van der Waals surface area contributed by atoms with Gasteiger partial charge in [0.2, 0.25) is 5.91 Å². The summed E-state index contributed by atoms with van der Waals surface area (Å²) in [5.74, 6) is 2.78. The number of carbonyl (C=O) groups excluding carboxylic acids is 1. The summed E-state index contributed by atoms with van der Waals surface area (Å²) in [6.07, 6.45) is 1.19. The lowest BCUT2D eigenvalue weighted by atomic mass is 9.73. The highest BCUT2D eigenvalue weighted by molar-refractivity contribution is 5.85. The van der Waals surface area contributed by atoms with Crippen LogP contribution in [0.1, 0.15) is 23.5 Å². The molecule has 0 aliphatic carbocycles. The largest absolute Gasteiger partial charge is 0.489 e. The molecule has 1 fully saturated rings. The molecule has 1 spiro atoms. The SMILES string of the molecule is Cl.O=C1CCc2cccc(c2)Oc2cccc3c2OC[C@@]2(CNC[C@H]32)CN1. The van der Waals surface area contributed by atoms with Crippen molar-refractivity contribution in [3.8, 4) is 17.2 Å². The molecule has 6 bridgehead atoms.